The van der Waals surface area contributed by atoms with Crippen molar-refractivity contribution in [1.29, 1.82) is 0 Å². The Kier molecular flexibility index (Phi) is 16.5. The minimum absolute atomic E-state index is 0.107. The Morgan fingerprint density at radius 3 is 1.82 bits per heavy atom. The Balaban J connectivity index is 4.22. The highest BCUT2D eigenvalue weighted by molar-refractivity contribution is 5.69. The second-order valence-electron chi connectivity index (χ2n) is 7.87. The first-order valence-electron chi connectivity index (χ1n) is 10.8. The van der Waals surface area contributed by atoms with Crippen molar-refractivity contribution in [2.45, 2.75) is 97.8 Å². The van der Waals surface area contributed by atoms with Gasteiger partial charge >= 0.3 is 11.9 Å². The van der Waals surface area contributed by atoms with Gasteiger partial charge in [-0.15, -0.1) is 0 Å². The number of rotatable bonds is 16. The lowest BCUT2D eigenvalue weighted by Gasteiger charge is -2.17. The molecule has 0 aliphatic heterocycles. The molecule has 0 aromatic heterocycles. The van der Waals surface area contributed by atoms with Crippen molar-refractivity contribution in [3.8, 4) is 0 Å². The van der Waals surface area contributed by atoms with Gasteiger partial charge in [0.1, 0.15) is 0 Å². The minimum atomic E-state index is -0.108. The third kappa shape index (κ3) is 15.5. The van der Waals surface area contributed by atoms with Gasteiger partial charge in [0.25, 0.3) is 0 Å². The van der Waals surface area contributed by atoms with Crippen molar-refractivity contribution >= 4 is 11.9 Å². The third-order valence-corrected chi connectivity index (χ3v) is 5.14. The van der Waals surface area contributed by atoms with Crippen molar-refractivity contribution in [3.05, 3.63) is 23.3 Å². The molecule has 0 aromatic rings. The van der Waals surface area contributed by atoms with Gasteiger partial charge in [-0.3, -0.25) is 9.59 Å². The topological polar surface area (TPSA) is 52.6 Å². The first kappa shape index (κ1) is 26.4. The molecular formula is C24H42O4. The third-order valence-electron chi connectivity index (χ3n) is 5.14. The van der Waals surface area contributed by atoms with E-state index in [1.807, 2.05) is 0 Å². The van der Waals surface area contributed by atoms with Crippen molar-refractivity contribution in [3.63, 3.8) is 0 Å². The summed E-state index contributed by atoms with van der Waals surface area (Å²) in [5.41, 5.74) is 2.86. The summed E-state index contributed by atoms with van der Waals surface area (Å²) in [6.45, 7) is 6.57. The van der Waals surface area contributed by atoms with E-state index in [2.05, 4.69) is 37.7 Å². The molecule has 0 aliphatic carbocycles. The van der Waals surface area contributed by atoms with E-state index in [0.717, 1.165) is 51.4 Å². The van der Waals surface area contributed by atoms with Crippen molar-refractivity contribution in [2.24, 2.45) is 5.92 Å². The predicted octanol–water partition coefficient (Wildman–Crippen LogP) is 6.54. The van der Waals surface area contributed by atoms with E-state index in [0.29, 0.717) is 18.8 Å². The smallest absolute Gasteiger partial charge is 0.305 e. The second-order valence-corrected chi connectivity index (χ2v) is 7.87. The first-order valence-corrected chi connectivity index (χ1v) is 10.8. The van der Waals surface area contributed by atoms with Crippen LogP contribution in [0.15, 0.2) is 23.3 Å². The highest BCUT2D eigenvalue weighted by Gasteiger charge is 2.10. The molecule has 0 saturated carbocycles. The normalized spacial score (nSPS) is 12.4. The van der Waals surface area contributed by atoms with Crippen LogP contribution >= 0.6 is 0 Å². The maximum atomic E-state index is 11.2. The summed E-state index contributed by atoms with van der Waals surface area (Å²) in [6.07, 6.45) is 16.7. The summed E-state index contributed by atoms with van der Waals surface area (Å²) in [5.74, 6) is 0.376. The van der Waals surface area contributed by atoms with Crippen molar-refractivity contribution < 1.29 is 19.1 Å². The number of hydrogen-bond acceptors (Lipinski definition) is 4. The molecule has 4 nitrogen and oxygen atoms in total. The average molecular weight is 395 g/mol. The molecule has 0 rings (SSSR count). The largest absolute Gasteiger partial charge is 0.469 e. The zero-order chi connectivity index (χ0) is 21.2. The van der Waals surface area contributed by atoms with Crippen LogP contribution in [0, 0.1) is 5.92 Å². The summed E-state index contributed by atoms with van der Waals surface area (Å²) < 4.78 is 9.36. The van der Waals surface area contributed by atoms with Gasteiger partial charge in [0.15, 0.2) is 0 Å². The van der Waals surface area contributed by atoms with Gasteiger partial charge in [0, 0.05) is 12.8 Å². The number of esters is 2. The van der Waals surface area contributed by atoms with E-state index in [-0.39, 0.29) is 11.9 Å². The molecule has 0 saturated heterocycles. The highest BCUT2D eigenvalue weighted by atomic mass is 16.5. The molecule has 4 heteroatoms. The van der Waals surface area contributed by atoms with Crippen LogP contribution in [-0.2, 0) is 19.1 Å². The molecule has 0 N–H and O–H groups in total. The van der Waals surface area contributed by atoms with E-state index in [1.165, 1.54) is 38.2 Å². The van der Waals surface area contributed by atoms with Crippen molar-refractivity contribution in [1.82, 2.24) is 0 Å². The second kappa shape index (κ2) is 17.5. The van der Waals surface area contributed by atoms with Crippen LogP contribution in [0.3, 0.4) is 0 Å². The van der Waals surface area contributed by atoms with Crippen LogP contribution in [0.25, 0.3) is 0 Å². The molecule has 1 atom stereocenters. The Labute approximate surface area is 172 Å². The Bertz CT molecular complexity index is 487. The van der Waals surface area contributed by atoms with Crippen LogP contribution in [-0.4, -0.2) is 26.2 Å². The van der Waals surface area contributed by atoms with Gasteiger partial charge in [-0.05, 0) is 65.2 Å². The van der Waals surface area contributed by atoms with Crippen LogP contribution in [0.4, 0.5) is 0 Å². The average Bonchev–Trinajstić information content (AvgIpc) is 2.68. The van der Waals surface area contributed by atoms with Gasteiger partial charge < -0.3 is 9.47 Å². The van der Waals surface area contributed by atoms with Crippen LogP contribution in [0.2, 0.25) is 0 Å². The van der Waals surface area contributed by atoms with E-state index in [9.17, 15) is 9.59 Å². The van der Waals surface area contributed by atoms with Crippen LogP contribution in [0.5, 0.6) is 0 Å². The lowest BCUT2D eigenvalue weighted by atomic mass is 9.89. The maximum absolute atomic E-state index is 11.2. The van der Waals surface area contributed by atoms with Crippen LogP contribution in [0.1, 0.15) is 97.8 Å². The highest BCUT2D eigenvalue weighted by Crippen LogP contribution is 2.24. The fourth-order valence-electron chi connectivity index (χ4n) is 3.21. The van der Waals surface area contributed by atoms with E-state index < -0.39 is 0 Å². The number of carbonyl (C=O) groups is 2. The maximum Gasteiger partial charge on any atom is 0.305 e. The predicted molar refractivity (Wildman–Crippen MR) is 116 cm³/mol. The Morgan fingerprint density at radius 1 is 0.750 bits per heavy atom. The van der Waals surface area contributed by atoms with Crippen LogP contribution < -0.4 is 0 Å². The number of unbranched alkanes of at least 4 members (excludes halogenated alkanes) is 6. The SMILES string of the molecule is COC(=O)CCCCCC/C=C(/C)C(CC=C(C)C)CCCCCC(=O)OC. The molecule has 1 unspecified atom stereocenters. The number of allylic oxidation sites excluding steroid dienone is 4. The fraction of sp³-hybridized carbons (Fsp3) is 0.750. The molecule has 0 bridgehead atoms. The van der Waals surface area contributed by atoms with Gasteiger partial charge in [-0.2, -0.15) is 0 Å². The summed E-state index contributed by atoms with van der Waals surface area (Å²) in [4.78, 5) is 22.3. The first-order chi connectivity index (χ1) is 13.4. The van der Waals surface area contributed by atoms with Crippen molar-refractivity contribution in [2.75, 3.05) is 14.2 Å². The molecule has 0 aromatic carbocycles. The molecule has 162 valence electrons. The van der Waals surface area contributed by atoms with Gasteiger partial charge in [-0.25, -0.2) is 0 Å². The number of carbonyl (C=O) groups excluding carboxylic acids is 2. The molecule has 0 spiro atoms. The Morgan fingerprint density at radius 2 is 1.29 bits per heavy atom. The summed E-state index contributed by atoms with van der Waals surface area (Å²) in [7, 11) is 2.89. The molecule has 0 aliphatic rings. The lowest BCUT2D eigenvalue weighted by molar-refractivity contribution is -0.141. The molecule has 0 fully saturated rings. The molecule has 28 heavy (non-hydrogen) atoms. The summed E-state index contributed by atoms with van der Waals surface area (Å²) >= 11 is 0. The monoisotopic (exact) mass is 394 g/mol. The number of hydrogen-bond donors (Lipinski definition) is 0. The lowest BCUT2D eigenvalue weighted by Crippen LogP contribution is -2.03. The molecule has 0 amide bonds. The zero-order valence-electron chi connectivity index (χ0n) is 18.9. The van der Waals surface area contributed by atoms with Gasteiger partial charge in [0.2, 0.25) is 0 Å². The van der Waals surface area contributed by atoms with E-state index >= 15 is 0 Å². The Hall–Kier alpha value is -1.58. The minimum Gasteiger partial charge on any atom is -0.469 e. The molecule has 0 radical (unpaired) electrons. The fourth-order valence-corrected chi connectivity index (χ4v) is 3.21. The molecular weight excluding hydrogens is 352 g/mol. The summed E-state index contributed by atoms with van der Waals surface area (Å²) in [5, 5.41) is 0. The zero-order valence-corrected chi connectivity index (χ0v) is 18.9. The van der Waals surface area contributed by atoms with Gasteiger partial charge in [0.05, 0.1) is 14.2 Å². The van der Waals surface area contributed by atoms with E-state index in [1.54, 1.807) is 0 Å². The standard InChI is InChI=1S/C24H42O4/c1-20(2)18-19-22(15-11-9-13-17-24(26)28-5)21(3)14-10-7-6-8-12-16-23(25)27-4/h14,18,22H,6-13,15-17,19H2,1-5H3/b21-14-. The van der Waals surface area contributed by atoms with E-state index in [4.69, 9.17) is 4.74 Å². The number of ether oxygens (including phenoxy) is 2. The summed E-state index contributed by atoms with van der Waals surface area (Å²) in [6, 6.07) is 0. The quantitative estimate of drug-likeness (QED) is 0.169. The number of methoxy groups -OCH3 is 2. The molecule has 0 heterocycles. The van der Waals surface area contributed by atoms with Gasteiger partial charge in [-0.1, -0.05) is 49.0 Å².